The first-order chi connectivity index (χ1) is 12.0. The van der Waals surface area contributed by atoms with Crippen molar-refractivity contribution in [3.8, 4) is 0 Å². The molecule has 2 atom stereocenters. The number of rotatable bonds is 3. The van der Waals surface area contributed by atoms with Crippen LogP contribution in [0.5, 0.6) is 0 Å². The van der Waals surface area contributed by atoms with Crippen molar-refractivity contribution in [3.63, 3.8) is 0 Å². The van der Waals surface area contributed by atoms with Crippen molar-refractivity contribution in [2.24, 2.45) is 11.8 Å². The van der Waals surface area contributed by atoms with Gasteiger partial charge in [-0.3, -0.25) is 4.79 Å². The lowest BCUT2D eigenvalue weighted by molar-refractivity contribution is -0.140. The molecule has 5 rings (SSSR count). The van der Waals surface area contributed by atoms with E-state index in [0.29, 0.717) is 19.0 Å². The van der Waals surface area contributed by atoms with Crippen LogP contribution in [0.25, 0.3) is 0 Å². The quantitative estimate of drug-likeness (QED) is 0.912. The summed E-state index contributed by atoms with van der Waals surface area (Å²) in [5.41, 5.74) is -0.0517. The summed E-state index contributed by atoms with van der Waals surface area (Å²) in [6.45, 7) is 1.61. The Balaban J connectivity index is 1.47. The molecule has 3 saturated heterocycles. The number of anilines is 1. The van der Waals surface area contributed by atoms with Gasteiger partial charge >= 0.3 is 6.03 Å². The van der Waals surface area contributed by atoms with Crippen LogP contribution in [0.1, 0.15) is 25.7 Å². The summed E-state index contributed by atoms with van der Waals surface area (Å²) >= 11 is 0. The average Bonchev–Trinajstić information content (AvgIpc) is 3.40. The molecule has 0 unspecified atom stereocenters. The van der Waals surface area contributed by atoms with Crippen LogP contribution in [0, 0.1) is 23.5 Å². The van der Waals surface area contributed by atoms with Crippen molar-refractivity contribution in [2.75, 3.05) is 25.0 Å². The Kier molecular flexibility index (Phi) is 4.09. The van der Waals surface area contributed by atoms with E-state index in [0.717, 1.165) is 31.5 Å². The lowest BCUT2D eigenvalue weighted by Gasteiger charge is -2.36. The molecule has 2 bridgehead atoms. The van der Waals surface area contributed by atoms with Crippen molar-refractivity contribution < 1.29 is 18.4 Å². The molecular formula is C18H21F2N3O2. The molecule has 0 spiro atoms. The topological polar surface area (TPSA) is 52.7 Å². The van der Waals surface area contributed by atoms with E-state index < -0.39 is 17.7 Å². The minimum atomic E-state index is -0.808. The van der Waals surface area contributed by atoms with E-state index in [-0.39, 0.29) is 23.6 Å². The van der Waals surface area contributed by atoms with Gasteiger partial charge in [-0.15, -0.1) is 0 Å². The molecule has 4 fully saturated rings. The van der Waals surface area contributed by atoms with E-state index in [9.17, 15) is 18.4 Å². The van der Waals surface area contributed by atoms with E-state index in [1.54, 1.807) is 4.90 Å². The number of carbonyl (C=O) groups is 2. The first-order valence-electron chi connectivity index (χ1n) is 8.82. The molecule has 3 amide bonds. The summed E-state index contributed by atoms with van der Waals surface area (Å²) in [4.78, 5) is 28.8. The molecule has 5 nitrogen and oxygen atoms in total. The summed E-state index contributed by atoms with van der Waals surface area (Å²) in [7, 11) is 0. The Morgan fingerprint density at radius 3 is 2.68 bits per heavy atom. The van der Waals surface area contributed by atoms with Gasteiger partial charge in [0.1, 0.15) is 11.6 Å². The molecule has 4 aliphatic rings. The maximum atomic E-state index is 13.8. The highest BCUT2D eigenvalue weighted by Gasteiger charge is 2.43. The van der Waals surface area contributed by atoms with Gasteiger partial charge in [0.05, 0.1) is 11.6 Å². The maximum absolute atomic E-state index is 13.8. The highest BCUT2D eigenvalue weighted by molar-refractivity contribution is 5.90. The number of carbonyl (C=O) groups excluding carboxylic acids is 2. The number of fused-ring (bicyclic) bond motifs is 4. The number of nitrogens with one attached hydrogen (secondary N) is 1. The van der Waals surface area contributed by atoms with E-state index in [4.69, 9.17) is 0 Å². The fourth-order valence-electron chi connectivity index (χ4n) is 3.81. The second kappa shape index (κ2) is 6.28. The predicted octanol–water partition coefficient (Wildman–Crippen LogP) is 2.83. The van der Waals surface area contributed by atoms with E-state index in [1.165, 1.54) is 18.9 Å². The molecule has 1 aliphatic carbocycles. The van der Waals surface area contributed by atoms with Crippen LogP contribution in [0.3, 0.4) is 0 Å². The fraction of sp³-hybridized carbons (Fsp3) is 0.556. The van der Waals surface area contributed by atoms with Crippen molar-refractivity contribution in [1.29, 1.82) is 0 Å². The second-order valence-corrected chi connectivity index (χ2v) is 7.32. The Labute approximate surface area is 145 Å². The number of piperidine rings is 1. The van der Waals surface area contributed by atoms with Gasteiger partial charge in [-0.05, 0) is 43.7 Å². The highest BCUT2D eigenvalue weighted by Crippen LogP contribution is 2.35. The van der Waals surface area contributed by atoms with Gasteiger partial charge in [-0.25, -0.2) is 13.6 Å². The zero-order valence-corrected chi connectivity index (χ0v) is 13.9. The molecule has 1 aromatic rings. The van der Waals surface area contributed by atoms with Gasteiger partial charge in [0.25, 0.3) is 0 Å². The van der Waals surface area contributed by atoms with Crippen LogP contribution in [0.15, 0.2) is 18.2 Å². The number of hydrogen-bond acceptors (Lipinski definition) is 2. The van der Waals surface area contributed by atoms with E-state index in [1.807, 2.05) is 4.90 Å². The van der Waals surface area contributed by atoms with Crippen molar-refractivity contribution in [3.05, 3.63) is 29.8 Å². The summed E-state index contributed by atoms with van der Waals surface area (Å²) in [6, 6.07) is 2.65. The van der Waals surface area contributed by atoms with Crippen molar-refractivity contribution in [2.45, 2.75) is 31.7 Å². The first kappa shape index (κ1) is 16.3. The molecule has 3 heterocycles. The van der Waals surface area contributed by atoms with Crippen molar-refractivity contribution in [1.82, 2.24) is 9.80 Å². The molecule has 1 N–H and O–H groups in total. The van der Waals surface area contributed by atoms with Crippen LogP contribution < -0.4 is 5.32 Å². The van der Waals surface area contributed by atoms with E-state index in [2.05, 4.69) is 5.32 Å². The summed E-state index contributed by atoms with van der Waals surface area (Å²) < 4.78 is 26.8. The number of benzene rings is 1. The van der Waals surface area contributed by atoms with Crippen LogP contribution in [0.4, 0.5) is 19.3 Å². The van der Waals surface area contributed by atoms with Gasteiger partial charge in [-0.1, -0.05) is 0 Å². The SMILES string of the molecule is O=C(Nc1ccc(F)cc1F)N1C[C@@H]2CC[C@H](C1)N(CC1CC1)C2=O. The van der Waals surface area contributed by atoms with E-state index >= 15 is 0 Å². The zero-order chi connectivity index (χ0) is 17.6. The standard InChI is InChI=1S/C18H21F2N3O2/c19-13-4-6-16(15(20)7-13)21-18(25)22-9-12-3-5-14(10-22)23(17(12)24)8-11-1-2-11/h4,6-7,11-12,14H,1-3,5,8-10H2,(H,21,25)/t12-,14+/m0/s1. The number of urea groups is 1. The number of halogens is 2. The Morgan fingerprint density at radius 1 is 1.16 bits per heavy atom. The second-order valence-electron chi connectivity index (χ2n) is 7.32. The summed E-state index contributed by atoms with van der Waals surface area (Å²) in [5, 5.41) is 2.50. The molecule has 134 valence electrons. The smallest absolute Gasteiger partial charge is 0.322 e. The monoisotopic (exact) mass is 349 g/mol. The van der Waals surface area contributed by atoms with Gasteiger partial charge < -0.3 is 15.1 Å². The summed E-state index contributed by atoms with van der Waals surface area (Å²) in [5.74, 6) is -0.922. The minimum Gasteiger partial charge on any atom is -0.337 e. The Bertz CT molecular complexity index is 708. The van der Waals surface area contributed by atoms with Crippen LogP contribution in [-0.2, 0) is 4.79 Å². The predicted molar refractivity (Wildman–Crippen MR) is 87.9 cm³/mol. The number of hydrogen-bond donors (Lipinski definition) is 1. The van der Waals surface area contributed by atoms with Crippen molar-refractivity contribution >= 4 is 17.6 Å². The number of amides is 3. The van der Waals surface area contributed by atoms with Gasteiger partial charge in [-0.2, -0.15) is 0 Å². The van der Waals surface area contributed by atoms with Gasteiger partial charge in [0.15, 0.2) is 0 Å². The number of nitrogens with zero attached hydrogens (tertiary/aromatic N) is 2. The van der Waals surface area contributed by atoms with Gasteiger partial charge in [0.2, 0.25) is 5.91 Å². The third-order valence-electron chi connectivity index (χ3n) is 5.41. The zero-order valence-electron chi connectivity index (χ0n) is 13.9. The molecule has 3 aliphatic heterocycles. The molecule has 25 heavy (non-hydrogen) atoms. The van der Waals surface area contributed by atoms with Crippen LogP contribution >= 0.6 is 0 Å². The lowest BCUT2D eigenvalue weighted by Crippen LogP contribution is -2.49. The molecule has 1 aromatic carbocycles. The first-order valence-corrected chi connectivity index (χ1v) is 8.82. The van der Waals surface area contributed by atoms with Gasteiger partial charge in [0, 0.05) is 31.7 Å². The largest absolute Gasteiger partial charge is 0.337 e. The minimum absolute atomic E-state index is 0.0377. The lowest BCUT2D eigenvalue weighted by atomic mass is 9.94. The molecule has 1 saturated carbocycles. The maximum Gasteiger partial charge on any atom is 0.322 e. The molecule has 0 radical (unpaired) electrons. The third kappa shape index (κ3) is 3.32. The molecule has 7 heteroatoms. The fourth-order valence-corrected chi connectivity index (χ4v) is 3.81. The summed E-state index contributed by atoms with van der Waals surface area (Å²) in [6.07, 6.45) is 4.04. The normalized spacial score (nSPS) is 25.9. The molecule has 0 aromatic heterocycles. The van der Waals surface area contributed by atoms with Crippen LogP contribution in [-0.4, -0.2) is 47.4 Å². The molecular weight excluding hydrogens is 328 g/mol. The third-order valence-corrected chi connectivity index (χ3v) is 5.41. The highest BCUT2D eigenvalue weighted by atomic mass is 19.1. The average molecular weight is 349 g/mol. The van der Waals surface area contributed by atoms with Crippen LogP contribution in [0.2, 0.25) is 0 Å². The Morgan fingerprint density at radius 2 is 1.96 bits per heavy atom. The Hall–Kier alpha value is -2.18.